The third-order valence-corrected chi connectivity index (χ3v) is 6.01. The van der Waals surface area contributed by atoms with Crippen LogP contribution in [0.2, 0.25) is 0 Å². The maximum atomic E-state index is 13.6. The normalized spacial score (nSPS) is 21.8. The Morgan fingerprint density at radius 1 is 0.969 bits per heavy atom. The molecular formula is C25H32N2O5. The van der Waals surface area contributed by atoms with Gasteiger partial charge in [-0.15, -0.1) is 0 Å². The monoisotopic (exact) mass is 440 g/mol. The molecule has 1 aromatic heterocycles. The molecule has 1 amide bonds. The van der Waals surface area contributed by atoms with Crippen LogP contribution in [0.25, 0.3) is 0 Å². The van der Waals surface area contributed by atoms with Gasteiger partial charge in [0.1, 0.15) is 6.10 Å². The molecule has 7 nitrogen and oxygen atoms in total. The number of amides is 1. The number of hydrogen-bond donors (Lipinski definition) is 0. The number of fused-ring (bicyclic) bond motifs is 2. The zero-order valence-corrected chi connectivity index (χ0v) is 19.1. The molecule has 2 aliphatic heterocycles. The van der Waals surface area contributed by atoms with Crippen LogP contribution in [0.4, 0.5) is 0 Å². The number of aromatic nitrogens is 1. The van der Waals surface area contributed by atoms with Gasteiger partial charge >= 0.3 is 0 Å². The SMILES string of the molecule is CCOc1cc(C(=O)N2C3CCC2CC(Oc2ccccn2)C3)cc(OCC)c1OCC. The summed E-state index contributed by atoms with van der Waals surface area (Å²) < 4.78 is 23.5. The van der Waals surface area contributed by atoms with Crippen molar-refractivity contribution in [2.45, 2.75) is 64.6 Å². The van der Waals surface area contributed by atoms with Crippen LogP contribution in [0.15, 0.2) is 36.5 Å². The Morgan fingerprint density at radius 2 is 1.59 bits per heavy atom. The smallest absolute Gasteiger partial charge is 0.254 e. The molecule has 2 unspecified atom stereocenters. The van der Waals surface area contributed by atoms with E-state index in [1.165, 1.54) is 0 Å². The first kappa shape index (κ1) is 22.2. The van der Waals surface area contributed by atoms with Crippen molar-refractivity contribution in [3.8, 4) is 23.1 Å². The van der Waals surface area contributed by atoms with E-state index < -0.39 is 0 Å². The van der Waals surface area contributed by atoms with E-state index in [2.05, 4.69) is 4.98 Å². The molecule has 2 saturated heterocycles. The van der Waals surface area contributed by atoms with E-state index in [4.69, 9.17) is 18.9 Å². The molecule has 0 N–H and O–H groups in total. The molecule has 32 heavy (non-hydrogen) atoms. The van der Waals surface area contributed by atoms with Gasteiger partial charge in [0.25, 0.3) is 5.91 Å². The second-order valence-electron chi connectivity index (χ2n) is 8.08. The summed E-state index contributed by atoms with van der Waals surface area (Å²) in [6, 6.07) is 9.57. The van der Waals surface area contributed by atoms with Gasteiger partial charge in [-0.3, -0.25) is 4.79 Å². The molecule has 7 heteroatoms. The van der Waals surface area contributed by atoms with Crippen molar-refractivity contribution in [1.29, 1.82) is 0 Å². The minimum absolute atomic E-state index is 0.0127. The lowest BCUT2D eigenvalue weighted by Crippen LogP contribution is -2.49. The molecule has 0 saturated carbocycles. The van der Waals surface area contributed by atoms with Gasteiger partial charge in [0.15, 0.2) is 11.5 Å². The van der Waals surface area contributed by atoms with E-state index in [0.29, 0.717) is 48.5 Å². The van der Waals surface area contributed by atoms with E-state index in [1.807, 2.05) is 43.9 Å². The lowest BCUT2D eigenvalue weighted by molar-refractivity contribution is 0.0347. The first-order valence-electron chi connectivity index (χ1n) is 11.6. The van der Waals surface area contributed by atoms with Crippen LogP contribution in [0.5, 0.6) is 23.1 Å². The summed E-state index contributed by atoms with van der Waals surface area (Å²) in [6.45, 7) is 7.19. The van der Waals surface area contributed by atoms with Gasteiger partial charge in [0.2, 0.25) is 11.6 Å². The van der Waals surface area contributed by atoms with E-state index in [9.17, 15) is 4.79 Å². The number of ether oxygens (including phenoxy) is 4. The Morgan fingerprint density at radius 3 is 2.12 bits per heavy atom. The fraction of sp³-hybridized carbons (Fsp3) is 0.520. The molecule has 0 aliphatic carbocycles. The average molecular weight is 441 g/mol. The molecule has 2 fully saturated rings. The van der Waals surface area contributed by atoms with Crippen LogP contribution in [-0.4, -0.2) is 53.8 Å². The van der Waals surface area contributed by atoms with Crippen molar-refractivity contribution in [3.63, 3.8) is 0 Å². The highest BCUT2D eigenvalue weighted by Crippen LogP contribution is 2.42. The third kappa shape index (κ3) is 4.61. The van der Waals surface area contributed by atoms with Crippen LogP contribution < -0.4 is 18.9 Å². The zero-order valence-electron chi connectivity index (χ0n) is 19.1. The number of piperidine rings is 1. The van der Waals surface area contributed by atoms with Gasteiger partial charge in [0, 0.05) is 42.8 Å². The zero-order chi connectivity index (χ0) is 22.5. The second-order valence-corrected chi connectivity index (χ2v) is 8.08. The largest absolute Gasteiger partial charge is 0.490 e. The molecule has 2 aromatic rings. The minimum Gasteiger partial charge on any atom is -0.490 e. The number of carbonyl (C=O) groups is 1. The molecule has 2 bridgehead atoms. The van der Waals surface area contributed by atoms with Crippen LogP contribution in [0.3, 0.4) is 0 Å². The highest BCUT2D eigenvalue weighted by molar-refractivity contribution is 5.96. The molecular weight excluding hydrogens is 408 g/mol. The van der Waals surface area contributed by atoms with E-state index in [-0.39, 0.29) is 24.1 Å². The molecule has 4 rings (SSSR count). The maximum absolute atomic E-state index is 13.6. The summed E-state index contributed by atoms with van der Waals surface area (Å²) in [6.07, 6.45) is 5.42. The second kappa shape index (κ2) is 10.1. The Labute approximate surface area is 189 Å². The Kier molecular flexibility index (Phi) is 7.02. The Balaban J connectivity index is 1.55. The predicted octanol–water partition coefficient (Wildman–Crippen LogP) is 4.49. The summed E-state index contributed by atoms with van der Waals surface area (Å²) in [5.41, 5.74) is 0.571. The number of pyridine rings is 1. The molecule has 0 radical (unpaired) electrons. The number of benzene rings is 1. The van der Waals surface area contributed by atoms with Gasteiger partial charge in [-0.05, 0) is 51.8 Å². The summed E-state index contributed by atoms with van der Waals surface area (Å²) >= 11 is 0. The Hall–Kier alpha value is -2.96. The van der Waals surface area contributed by atoms with Crippen LogP contribution in [0, 0.1) is 0 Å². The van der Waals surface area contributed by atoms with Crippen molar-refractivity contribution in [3.05, 3.63) is 42.1 Å². The minimum atomic E-state index is 0.0127. The van der Waals surface area contributed by atoms with Crippen LogP contribution in [0.1, 0.15) is 56.8 Å². The molecule has 3 heterocycles. The third-order valence-electron chi connectivity index (χ3n) is 6.01. The maximum Gasteiger partial charge on any atom is 0.254 e. The van der Waals surface area contributed by atoms with Gasteiger partial charge in [-0.1, -0.05) is 6.07 Å². The van der Waals surface area contributed by atoms with Crippen LogP contribution >= 0.6 is 0 Å². The highest BCUT2D eigenvalue weighted by atomic mass is 16.5. The number of rotatable bonds is 9. The molecule has 0 spiro atoms. The Bertz CT molecular complexity index is 879. The summed E-state index contributed by atoms with van der Waals surface area (Å²) in [5.74, 6) is 2.30. The molecule has 1 aromatic carbocycles. The fourth-order valence-corrected chi connectivity index (χ4v) is 4.80. The number of hydrogen-bond acceptors (Lipinski definition) is 6. The van der Waals surface area contributed by atoms with Gasteiger partial charge in [-0.25, -0.2) is 4.98 Å². The molecule has 2 aliphatic rings. The lowest BCUT2D eigenvalue weighted by Gasteiger charge is -2.38. The standard InChI is InChI=1S/C25H32N2O5/c1-4-29-21-13-17(14-22(30-5-2)24(21)31-6-3)25(28)27-18-10-11-19(27)16-20(15-18)32-23-9-7-8-12-26-23/h7-9,12-14,18-20H,4-6,10-11,15-16H2,1-3H3. The van der Waals surface area contributed by atoms with Crippen molar-refractivity contribution in [2.75, 3.05) is 19.8 Å². The summed E-state index contributed by atoms with van der Waals surface area (Å²) in [5, 5.41) is 0. The fourth-order valence-electron chi connectivity index (χ4n) is 4.80. The van der Waals surface area contributed by atoms with Crippen molar-refractivity contribution in [2.24, 2.45) is 0 Å². The first-order chi connectivity index (χ1) is 15.6. The average Bonchev–Trinajstić information content (AvgIpc) is 3.06. The number of nitrogens with zero attached hydrogens (tertiary/aromatic N) is 2. The van der Waals surface area contributed by atoms with Crippen molar-refractivity contribution < 1.29 is 23.7 Å². The van der Waals surface area contributed by atoms with Gasteiger partial charge < -0.3 is 23.8 Å². The summed E-state index contributed by atoms with van der Waals surface area (Å²) in [4.78, 5) is 19.9. The van der Waals surface area contributed by atoms with Crippen molar-refractivity contribution in [1.82, 2.24) is 9.88 Å². The van der Waals surface area contributed by atoms with E-state index in [1.54, 1.807) is 18.3 Å². The summed E-state index contributed by atoms with van der Waals surface area (Å²) in [7, 11) is 0. The van der Waals surface area contributed by atoms with E-state index >= 15 is 0 Å². The van der Waals surface area contributed by atoms with E-state index in [0.717, 1.165) is 25.7 Å². The van der Waals surface area contributed by atoms with Crippen LogP contribution in [-0.2, 0) is 0 Å². The van der Waals surface area contributed by atoms with Gasteiger partial charge in [0.05, 0.1) is 19.8 Å². The molecule has 2 atom stereocenters. The number of carbonyl (C=O) groups excluding carboxylic acids is 1. The lowest BCUT2D eigenvalue weighted by atomic mass is 9.98. The quantitative estimate of drug-likeness (QED) is 0.572. The first-order valence-corrected chi connectivity index (χ1v) is 11.6. The van der Waals surface area contributed by atoms with Gasteiger partial charge in [-0.2, -0.15) is 0 Å². The topological polar surface area (TPSA) is 70.1 Å². The predicted molar refractivity (Wildman–Crippen MR) is 121 cm³/mol. The van der Waals surface area contributed by atoms with Crippen molar-refractivity contribution >= 4 is 5.91 Å². The molecule has 172 valence electrons. The highest BCUT2D eigenvalue weighted by Gasteiger charge is 2.44.